The highest BCUT2D eigenvalue weighted by Gasteiger charge is 2.31. The molecule has 4 heterocycles. The zero-order valence-corrected chi connectivity index (χ0v) is 16.2. The summed E-state index contributed by atoms with van der Waals surface area (Å²) >= 11 is 0. The van der Waals surface area contributed by atoms with Gasteiger partial charge in [-0.2, -0.15) is 5.10 Å². The van der Waals surface area contributed by atoms with Crippen LogP contribution in [0.5, 0.6) is 0 Å². The number of aromatic nitrogens is 2. The minimum absolute atomic E-state index is 0.0483. The van der Waals surface area contributed by atoms with Gasteiger partial charge >= 0.3 is 0 Å². The van der Waals surface area contributed by atoms with Crippen LogP contribution in [0.3, 0.4) is 0 Å². The Balaban J connectivity index is 1.20. The van der Waals surface area contributed by atoms with Crippen molar-refractivity contribution < 1.29 is 14.0 Å². The molecule has 0 bridgehead atoms. The molecule has 1 N–H and O–H groups in total. The zero-order valence-electron chi connectivity index (χ0n) is 16.2. The predicted molar refractivity (Wildman–Crippen MR) is 105 cm³/mol. The van der Waals surface area contributed by atoms with Crippen molar-refractivity contribution in [1.29, 1.82) is 0 Å². The van der Waals surface area contributed by atoms with Gasteiger partial charge in [0.15, 0.2) is 0 Å². The van der Waals surface area contributed by atoms with Crippen LogP contribution in [-0.4, -0.2) is 58.7 Å². The summed E-state index contributed by atoms with van der Waals surface area (Å²) in [5, 5.41) is 7.20. The summed E-state index contributed by atoms with van der Waals surface area (Å²) in [7, 11) is 0. The molecule has 3 aliphatic rings. The first-order valence-electron chi connectivity index (χ1n) is 10.3. The summed E-state index contributed by atoms with van der Waals surface area (Å²) in [5.74, 6) is -0.280. The van der Waals surface area contributed by atoms with Crippen molar-refractivity contribution in [3.05, 3.63) is 47.0 Å². The van der Waals surface area contributed by atoms with Gasteiger partial charge < -0.3 is 15.1 Å². The molecule has 1 fully saturated rings. The Morgan fingerprint density at radius 1 is 1.17 bits per heavy atom. The van der Waals surface area contributed by atoms with E-state index in [4.69, 9.17) is 0 Å². The lowest BCUT2D eigenvalue weighted by molar-refractivity contribution is -0.131. The number of rotatable bonds is 3. The van der Waals surface area contributed by atoms with Crippen LogP contribution in [0.4, 0.5) is 10.1 Å². The third kappa shape index (κ3) is 3.36. The number of piperidine rings is 1. The molecule has 0 spiro atoms. The third-order valence-electron chi connectivity index (χ3n) is 6.24. The van der Waals surface area contributed by atoms with Crippen molar-refractivity contribution >= 4 is 17.5 Å². The molecule has 0 unspecified atom stereocenters. The minimum atomic E-state index is -0.195. The first kappa shape index (κ1) is 18.1. The number of hydrogen-bond acceptors (Lipinski definition) is 4. The van der Waals surface area contributed by atoms with Crippen molar-refractivity contribution in [3.8, 4) is 0 Å². The fraction of sp³-hybridized carbons (Fsp3) is 0.476. The molecule has 0 radical (unpaired) electrons. The molecule has 5 rings (SSSR count). The van der Waals surface area contributed by atoms with E-state index in [-0.39, 0.29) is 24.1 Å². The first-order chi connectivity index (χ1) is 14.1. The molecule has 1 aromatic carbocycles. The van der Waals surface area contributed by atoms with Gasteiger partial charge in [-0.05, 0) is 43.0 Å². The van der Waals surface area contributed by atoms with Gasteiger partial charge in [0, 0.05) is 37.9 Å². The van der Waals surface area contributed by atoms with Gasteiger partial charge in [-0.3, -0.25) is 14.3 Å². The Bertz CT molecular complexity index is 964. The highest BCUT2D eigenvalue weighted by molar-refractivity contribution is 5.93. The standard InChI is InChI=1S/C21H24FN5O2/c22-15-2-1-14-3-9-26(18(14)11-15)17-4-7-25(8-5-17)20(28)13-16-12-19-21(29)23-6-10-27(19)24-16/h1-2,11-12,17H,3-10,13H2,(H,23,29). The van der Waals surface area contributed by atoms with Gasteiger partial charge in [0.05, 0.1) is 18.7 Å². The number of nitrogens with one attached hydrogen (secondary N) is 1. The Morgan fingerprint density at radius 2 is 2.00 bits per heavy atom. The summed E-state index contributed by atoms with van der Waals surface area (Å²) in [4.78, 5) is 28.8. The van der Waals surface area contributed by atoms with Gasteiger partial charge in [-0.1, -0.05) is 6.07 Å². The Hall–Kier alpha value is -2.90. The number of nitrogens with zero attached hydrogens (tertiary/aromatic N) is 4. The molecule has 1 saturated heterocycles. The second-order valence-corrected chi connectivity index (χ2v) is 8.01. The fourth-order valence-electron chi connectivity index (χ4n) is 4.73. The lowest BCUT2D eigenvalue weighted by Gasteiger charge is -2.38. The molecule has 0 aliphatic carbocycles. The van der Waals surface area contributed by atoms with E-state index < -0.39 is 0 Å². The van der Waals surface area contributed by atoms with Crippen LogP contribution < -0.4 is 10.2 Å². The Labute approximate surface area is 168 Å². The molecule has 0 atom stereocenters. The molecule has 0 saturated carbocycles. The maximum absolute atomic E-state index is 13.7. The van der Waals surface area contributed by atoms with Crippen LogP contribution in [-0.2, 0) is 24.2 Å². The van der Waals surface area contributed by atoms with Crippen LogP contribution in [0.15, 0.2) is 24.3 Å². The number of hydrogen-bond donors (Lipinski definition) is 1. The van der Waals surface area contributed by atoms with Gasteiger partial charge in [0.1, 0.15) is 11.5 Å². The number of anilines is 1. The molecule has 152 valence electrons. The summed E-state index contributed by atoms with van der Waals surface area (Å²) in [6.07, 6.45) is 2.93. The molecule has 1 aromatic heterocycles. The normalized spacial score (nSPS) is 19.1. The molecular formula is C21H24FN5O2. The fourth-order valence-corrected chi connectivity index (χ4v) is 4.73. The van der Waals surface area contributed by atoms with E-state index in [0.717, 1.165) is 31.5 Å². The van der Waals surface area contributed by atoms with Crippen LogP contribution in [0.2, 0.25) is 0 Å². The largest absolute Gasteiger partial charge is 0.368 e. The van der Waals surface area contributed by atoms with Gasteiger partial charge in [-0.15, -0.1) is 0 Å². The number of benzene rings is 1. The number of fused-ring (bicyclic) bond motifs is 2. The van der Waals surface area contributed by atoms with Crippen molar-refractivity contribution in [2.75, 3.05) is 31.1 Å². The maximum Gasteiger partial charge on any atom is 0.269 e. The topological polar surface area (TPSA) is 70.5 Å². The number of halogens is 1. The monoisotopic (exact) mass is 397 g/mol. The average Bonchev–Trinajstić information content (AvgIpc) is 3.32. The summed E-state index contributed by atoms with van der Waals surface area (Å²) in [6, 6.07) is 7.10. The number of likely N-dealkylation sites (tertiary alicyclic amines) is 1. The average molecular weight is 397 g/mol. The first-order valence-corrected chi connectivity index (χ1v) is 10.3. The third-order valence-corrected chi connectivity index (χ3v) is 6.24. The predicted octanol–water partition coefficient (Wildman–Crippen LogP) is 1.36. The lowest BCUT2D eigenvalue weighted by Crippen LogP contribution is -2.46. The zero-order chi connectivity index (χ0) is 20.0. The van der Waals surface area contributed by atoms with E-state index in [9.17, 15) is 14.0 Å². The Kier molecular flexibility index (Phi) is 4.49. The van der Waals surface area contributed by atoms with Crippen molar-refractivity contribution in [2.24, 2.45) is 0 Å². The number of carbonyl (C=O) groups excluding carboxylic acids is 2. The second-order valence-electron chi connectivity index (χ2n) is 8.01. The van der Waals surface area contributed by atoms with Crippen LogP contribution >= 0.6 is 0 Å². The molecule has 3 aliphatic heterocycles. The van der Waals surface area contributed by atoms with Crippen molar-refractivity contribution in [3.63, 3.8) is 0 Å². The smallest absolute Gasteiger partial charge is 0.269 e. The summed E-state index contributed by atoms with van der Waals surface area (Å²) in [5.41, 5.74) is 3.39. The van der Waals surface area contributed by atoms with Gasteiger partial charge in [0.25, 0.3) is 5.91 Å². The molecule has 2 aromatic rings. The van der Waals surface area contributed by atoms with E-state index >= 15 is 0 Å². The SMILES string of the molecule is O=C1NCCn2nc(CC(=O)N3CCC(N4CCc5ccc(F)cc54)CC3)cc21. The lowest BCUT2D eigenvalue weighted by atomic mass is 10.0. The van der Waals surface area contributed by atoms with E-state index in [1.54, 1.807) is 16.8 Å². The molecule has 2 amide bonds. The minimum Gasteiger partial charge on any atom is -0.368 e. The van der Waals surface area contributed by atoms with Crippen molar-refractivity contribution in [2.45, 2.75) is 38.3 Å². The van der Waals surface area contributed by atoms with E-state index in [1.807, 2.05) is 11.0 Å². The molecule has 29 heavy (non-hydrogen) atoms. The maximum atomic E-state index is 13.7. The molecule has 7 nitrogen and oxygen atoms in total. The summed E-state index contributed by atoms with van der Waals surface area (Å²) < 4.78 is 15.4. The van der Waals surface area contributed by atoms with Crippen molar-refractivity contribution in [1.82, 2.24) is 20.0 Å². The van der Waals surface area contributed by atoms with Gasteiger partial charge in [0.2, 0.25) is 5.91 Å². The number of carbonyl (C=O) groups is 2. The molecular weight excluding hydrogens is 373 g/mol. The quantitative estimate of drug-likeness (QED) is 0.849. The Morgan fingerprint density at radius 3 is 2.79 bits per heavy atom. The van der Waals surface area contributed by atoms with Crippen LogP contribution in [0.25, 0.3) is 0 Å². The van der Waals surface area contributed by atoms with Crippen LogP contribution in [0, 0.1) is 5.82 Å². The second kappa shape index (κ2) is 7.17. The highest BCUT2D eigenvalue weighted by atomic mass is 19.1. The molecule has 8 heteroatoms. The van der Waals surface area contributed by atoms with Crippen LogP contribution in [0.1, 0.15) is 34.6 Å². The summed E-state index contributed by atoms with van der Waals surface area (Å²) in [6.45, 7) is 3.51. The van der Waals surface area contributed by atoms with Gasteiger partial charge in [-0.25, -0.2) is 4.39 Å². The van der Waals surface area contributed by atoms with E-state index in [2.05, 4.69) is 15.3 Å². The van der Waals surface area contributed by atoms with E-state index in [1.165, 1.54) is 11.6 Å². The number of amides is 2. The highest BCUT2D eigenvalue weighted by Crippen LogP contribution is 2.33. The van der Waals surface area contributed by atoms with E-state index in [0.29, 0.717) is 43.6 Å².